The fourth-order valence-corrected chi connectivity index (χ4v) is 2.57. The second kappa shape index (κ2) is 6.57. The number of ether oxygens (including phenoxy) is 2. The molecule has 3 aromatic rings. The van der Waals surface area contributed by atoms with Crippen LogP contribution in [0.25, 0.3) is 11.0 Å². The molecule has 7 nitrogen and oxygen atoms in total. The van der Waals surface area contributed by atoms with Crippen LogP contribution in [0.5, 0.6) is 11.5 Å². The molecular weight excluding hydrogens is 306 g/mol. The largest absolute Gasteiger partial charge is 0.497 e. The number of nitrogens with zero attached hydrogens (tertiary/aromatic N) is 3. The van der Waals surface area contributed by atoms with E-state index in [-0.39, 0.29) is 5.95 Å². The quantitative estimate of drug-likeness (QED) is 0.738. The molecule has 24 heavy (non-hydrogen) atoms. The highest BCUT2D eigenvalue weighted by Gasteiger charge is 2.08. The molecule has 0 aliphatic heterocycles. The number of pyridine rings is 1. The maximum atomic E-state index is 5.91. The van der Waals surface area contributed by atoms with Gasteiger partial charge in [0.25, 0.3) is 0 Å². The highest BCUT2D eigenvalue weighted by Crippen LogP contribution is 2.26. The minimum Gasteiger partial charge on any atom is -0.497 e. The first-order valence-corrected chi connectivity index (χ1v) is 7.49. The molecule has 7 heteroatoms. The van der Waals surface area contributed by atoms with Crippen molar-refractivity contribution in [3.05, 3.63) is 41.6 Å². The lowest BCUT2D eigenvalue weighted by atomic mass is 10.0. The van der Waals surface area contributed by atoms with E-state index >= 15 is 0 Å². The zero-order valence-electron chi connectivity index (χ0n) is 13.6. The van der Waals surface area contributed by atoms with Crippen molar-refractivity contribution in [1.29, 1.82) is 0 Å². The van der Waals surface area contributed by atoms with Crippen LogP contribution in [0.1, 0.15) is 11.1 Å². The summed E-state index contributed by atoms with van der Waals surface area (Å²) in [7, 11) is 3.28. The molecule has 0 unspecified atom stereocenters. The number of aromatic nitrogens is 3. The summed E-state index contributed by atoms with van der Waals surface area (Å²) >= 11 is 0. The van der Waals surface area contributed by atoms with Crippen molar-refractivity contribution in [1.82, 2.24) is 15.0 Å². The van der Waals surface area contributed by atoms with Gasteiger partial charge < -0.3 is 20.9 Å². The van der Waals surface area contributed by atoms with E-state index in [4.69, 9.17) is 20.9 Å². The van der Waals surface area contributed by atoms with Crippen LogP contribution in [-0.4, -0.2) is 29.2 Å². The summed E-state index contributed by atoms with van der Waals surface area (Å²) < 4.78 is 10.6. The van der Waals surface area contributed by atoms with Gasteiger partial charge in [0.2, 0.25) is 5.95 Å². The lowest BCUT2D eigenvalue weighted by Gasteiger charge is -2.10. The number of methoxy groups -OCH3 is 2. The van der Waals surface area contributed by atoms with E-state index in [1.54, 1.807) is 20.4 Å². The van der Waals surface area contributed by atoms with Gasteiger partial charge in [-0.3, -0.25) is 0 Å². The molecule has 3 rings (SSSR count). The molecule has 0 aliphatic rings. The maximum absolute atomic E-state index is 5.91. The van der Waals surface area contributed by atoms with E-state index in [1.165, 1.54) is 0 Å². The number of nitrogen functional groups attached to an aromatic ring is 2. The first kappa shape index (κ1) is 15.8. The fraction of sp³-hybridized carbons (Fsp3) is 0.235. The number of fused-ring (bicyclic) bond motifs is 1. The summed E-state index contributed by atoms with van der Waals surface area (Å²) in [6.45, 7) is 0. The smallest absolute Gasteiger partial charge is 0.224 e. The summed E-state index contributed by atoms with van der Waals surface area (Å²) in [5.74, 6) is 2.04. The SMILES string of the molecule is COc1ccc(CCc2cnc3nc(N)nc(N)c3c2)c(OC)c1. The molecule has 0 aliphatic carbocycles. The van der Waals surface area contributed by atoms with Gasteiger partial charge in [-0.25, -0.2) is 4.98 Å². The Morgan fingerprint density at radius 1 is 1.00 bits per heavy atom. The molecule has 0 bridgehead atoms. The van der Waals surface area contributed by atoms with Crippen LogP contribution < -0.4 is 20.9 Å². The second-order valence-electron chi connectivity index (χ2n) is 5.36. The Hall–Kier alpha value is -3.09. The summed E-state index contributed by atoms with van der Waals surface area (Å²) in [6, 6.07) is 7.76. The number of hydrogen-bond acceptors (Lipinski definition) is 7. The monoisotopic (exact) mass is 325 g/mol. The lowest BCUT2D eigenvalue weighted by molar-refractivity contribution is 0.391. The number of anilines is 2. The fourth-order valence-electron chi connectivity index (χ4n) is 2.57. The maximum Gasteiger partial charge on any atom is 0.224 e. The predicted octanol–water partition coefficient (Wildman–Crippen LogP) is 1.99. The molecule has 0 amide bonds. The van der Waals surface area contributed by atoms with E-state index in [0.717, 1.165) is 35.5 Å². The molecule has 0 saturated heterocycles. The van der Waals surface area contributed by atoms with Gasteiger partial charge in [0.1, 0.15) is 17.3 Å². The third-order valence-electron chi connectivity index (χ3n) is 3.83. The van der Waals surface area contributed by atoms with Gasteiger partial charge in [0.05, 0.1) is 19.6 Å². The lowest BCUT2D eigenvalue weighted by Crippen LogP contribution is -2.03. The zero-order chi connectivity index (χ0) is 17.1. The van der Waals surface area contributed by atoms with Crippen molar-refractivity contribution in [2.24, 2.45) is 0 Å². The molecule has 0 fully saturated rings. The third kappa shape index (κ3) is 3.15. The van der Waals surface area contributed by atoms with E-state index < -0.39 is 0 Å². The summed E-state index contributed by atoms with van der Waals surface area (Å²) in [4.78, 5) is 12.4. The standard InChI is InChI=1S/C17H19N5O2/c1-23-12-6-5-11(14(8-12)24-2)4-3-10-7-13-15(18)21-17(19)22-16(13)20-9-10/h5-9H,3-4H2,1-2H3,(H4,18,19,20,21,22). The van der Waals surface area contributed by atoms with E-state index in [1.807, 2.05) is 24.3 Å². The number of hydrogen-bond donors (Lipinski definition) is 2. The summed E-state index contributed by atoms with van der Waals surface area (Å²) in [5.41, 5.74) is 14.1. The molecule has 4 N–H and O–H groups in total. The van der Waals surface area contributed by atoms with Crippen LogP contribution in [0, 0.1) is 0 Å². The van der Waals surface area contributed by atoms with Crippen molar-refractivity contribution >= 4 is 22.8 Å². The number of rotatable bonds is 5. The number of benzene rings is 1. The highest BCUT2D eigenvalue weighted by molar-refractivity contribution is 5.86. The normalized spacial score (nSPS) is 10.8. The Balaban J connectivity index is 1.83. The van der Waals surface area contributed by atoms with Crippen molar-refractivity contribution in [2.45, 2.75) is 12.8 Å². The van der Waals surface area contributed by atoms with Gasteiger partial charge in [0.15, 0.2) is 5.65 Å². The minimum absolute atomic E-state index is 0.128. The Kier molecular flexibility index (Phi) is 4.33. The van der Waals surface area contributed by atoms with Crippen LogP contribution >= 0.6 is 0 Å². The van der Waals surface area contributed by atoms with Gasteiger partial charge in [-0.2, -0.15) is 9.97 Å². The summed E-state index contributed by atoms with van der Waals surface area (Å²) in [5, 5.41) is 0.711. The molecule has 0 radical (unpaired) electrons. The van der Waals surface area contributed by atoms with Crippen molar-refractivity contribution in [3.63, 3.8) is 0 Å². The average molecular weight is 325 g/mol. The van der Waals surface area contributed by atoms with Crippen LogP contribution in [-0.2, 0) is 12.8 Å². The zero-order valence-corrected chi connectivity index (χ0v) is 13.6. The Labute approximate surface area is 139 Å². The van der Waals surface area contributed by atoms with Crippen molar-refractivity contribution in [3.8, 4) is 11.5 Å². The van der Waals surface area contributed by atoms with Crippen molar-refractivity contribution in [2.75, 3.05) is 25.7 Å². The van der Waals surface area contributed by atoms with Crippen LogP contribution in [0.2, 0.25) is 0 Å². The predicted molar refractivity (Wildman–Crippen MR) is 93.1 cm³/mol. The average Bonchev–Trinajstić information content (AvgIpc) is 2.59. The molecule has 2 aromatic heterocycles. The van der Waals surface area contributed by atoms with E-state index in [0.29, 0.717) is 16.9 Å². The Morgan fingerprint density at radius 3 is 2.58 bits per heavy atom. The molecule has 124 valence electrons. The Bertz CT molecular complexity index is 882. The first-order chi connectivity index (χ1) is 11.6. The van der Waals surface area contributed by atoms with Gasteiger partial charge in [-0.15, -0.1) is 0 Å². The highest BCUT2D eigenvalue weighted by atomic mass is 16.5. The van der Waals surface area contributed by atoms with E-state index in [2.05, 4.69) is 15.0 Å². The second-order valence-corrected chi connectivity index (χ2v) is 5.36. The van der Waals surface area contributed by atoms with Crippen LogP contribution in [0.4, 0.5) is 11.8 Å². The van der Waals surface area contributed by atoms with Gasteiger partial charge in [-0.1, -0.05) is 6.07 Å². The van der Waals surface area contributed by atoms with Crippen molar-refractivity contribution < 1.29 is 9.47 Å². The Morgan fingerprint density at radius 2 is 1.83 bits per heavy atom. The van der Waals surface area contributed by atoms with Crippen LogP contribution in [0.3, 0.4) is 0 Å². The third-order valence-corrected chi connectivity index (χ3v) is 3.83. The minimum atomic E-state index is 0.128. The van der Waals surface area contributed by atoms with Gasteiger partial charge in [0, 0.05) is 12.3 Å². The first-order valence-electron chi connectivity index (χ1n) is 7.49. The molecule has 0 saturated carbocycles. The van der Waals surface area contributed by atoms with Gasteiger partial charge >= 0.3 is 0 Å². The molecular formula is C17H19N5O2. The number of nitrogens with two attached hydrogens (primary N) is 2. The van der Waals surface area contributed by atoms with E-state index in [9.17, 15) is 0 Å². The number of aryl methyl sites for hydroxylation is 2. The molecule has 0 atom stereocenters. The van der Waals surface area contributed by atoms with Crippen LogP contribution in [0.15, 0.2) is 30.5 Å². The summed E-state index contributed by atoms with van der Waals surface area (Å²) in [6.07, 6.45) is 3.37. The molecule has 2 heterocycles. The topological polar surface area (TPSA) is 109 Å². The van der Waals surface area contributed by atoms with Gasteiger partial charge in [-0.05, 0) is 36.1 Å². The molecule has 1 aromatic carbocycles. The molecule has 0 spiro atoms.